The number of halogens is 1. The predicted octanol–water partition coefficient (Wildman–Crippen LogP) is 2.94. The third-order valence-electron chi connectivity index (χ3n) is 4.12. The summed E-state index contributed by atoms with van der Waals surface area (Å²) >= 11 is 5.96. The summed E-state index contributed by atoms with van der Waals surface area (Å²) in [6.07, 6.45) is 5.34. The Kier molecular flexibility index (Phi) is 4.81. The standard InChI is InChI=1S/C16H23ClN2O/c17-13-3-1-5-16(11-13)20-10-9-19(15-6-7-15)12-14-4-2-8-18-14/h1,3,5,11,14-15,18H,2,4,6-10,12H2. The van der Waals surface area contributed by atoms with Gasteiger partial charge in [0.05, 0.1) is 0 Å². The normalized spacial score (nSPS) is 22.4. The molecule has 1 atom stereocenters. The van der Waals surface area contributed by atoms with Crippen LogP contribution in [0.15, 0.2) is 24.3 Å². The fourth-order valence-electron chi connectivity index (χ4n) is 2.90. The summed E-state index contributed by atoms with van der Waals surface area (Å²) in [5.41, 5.74) is 0. The van der Waals surface area contributed by atoms with Crippen molar-refractivity contribution in [2.24, 2.45) is 0 Å². The van der Waals surface area contributed by atoms with Crippen LogP contribution in [0.3, 0.4) is 0 Å². The molecule has 1 saturated heterocycles. The average molecular weight is 295 g/mol. The molecule has 1 heterocycles. The minimum absolute atomic E-state index is 0.682. The molecule has 20 heavy (non-hydrogen) atoms. The average Bonchev–Trinajstić information content (AvgIpc) is 3.16. The molecule has 110 valence electrons. The molecule has 0 aromatic heterocycles. The zero-order valence-electron chi connectivity index (χ0n) is 11.9. The van der Waals surface area contributed by atoms with Crippen molar-refractivity contribution in [1.82, 2.24) is 10.2 Å². The van der Waals surface area contributed by atoms with Gasteiger partial charge in [-0.15, -0.1) is 0 Å². The molecule has 0 radical (unpaired) electrons. The van der Waals surface area contributed by atoms with E-state index in [1.54, 1.807) is 0 Å². The van der Waals surface area contributed by atoms with Gasteiger partial charge in [0.15, 0.2) is 0 Å². The van der Waals surface area contributed by atoms with Crippen molar-refractivity contribution in [1.29, 1.82) is 0 Å². The van der Waals surface area contributed by atoms with Crippen molar-refractivity contribution in [2.45, 2.75) is 37.8 Å². The molecule has 1 saturated carbocycles. The van der Waals surface area contributed by atoms with Crippen LogP contribution in [0.25, 0.3) is 0 Å². The molecule has 1 aromatic carbocycles. The number of nitrogens with one attached hydrogen (secondary N) is 1. The first-order valence-electron chi connectivity index (χ1n) is 7.67. The molecule has 3 nitrogen and oxygen atoms in total. The number of hydrogen-bond donors (Lipinski definition) is 1. The van der Waals surface area contributed by atoms with Crippen LogP contribution in [0.2, 0.25) is 5.02 Å². The van der Waals surface area contributed by atoms with E-state index in [1.807, 2.05) is 24.3 Å². The Hall–Kier alpha value is -0.770. The molecular formula is C16H23ClN2O. The second kappa shape index (κ2) is 6.79. The highest BCUT2D eigenvalue weighted by atomic mass is 35.5. The molecule has 4 heteroatoms. The zero-order valence-corrected chi connectivity index (χ0v) is 12.6. The lowest BCUT2D eigenvalue weighted by molar-refractivity contribution is 0.189. The van der Waals surface area contributed by atoms with Crippen LogP contribution >= 0.6 is 11.6 Å². The third kappa shape index (κ3) is 4.11. The van der Waals surface area contributed by atoms with Gasteiger partial charge in [-0.3, -0.25) is 4.90 Å². The minimum atomic E-state index is 0.682. The molecule has 1 aliphatic heterocycles. The minimum Gasteiger partial charge on any atom is -0.492 e. The van der Waals surface area contributed by atoms with E-state index in [0.29, 0.717) is 6.04 Å². The van der Waals surface area contributed by atoms with Gasteiger partial charge in [-0.05, 0) is 50.4 Å². The van der Waals surface area contributed by atoms with Crippen LogP contribution in [0.4, 0.5) is 0 Å². The van der Waals surface area contributed by atoms with Crippen molar-refractivity contribution < 1.29 is 4.74 Å². The third-order valence-corrected chi connectivity index (χ3v) is 4.36. The SMILES string of the molecule is Clc1cccc(OCCN(CC2CCCN2)C2CC2)c1. The van der Waals surface area contributed by atoms with Crippen molar-refractivity contribution in [3.05, 3.63) is 29.3 Å². The second-order valence-corrected chi connectivity index (χ2v) is 6.26. The Morgan fingerprint density at radius 2 is 2.20 bits per heavy atom. The Morgan fingerprint density at radius 1 is 1.30 bits per heavy atom. The van der Waals surface area contributed by atoms with Gasteiger partial charge in [0, 0.05) is 30.2 Å². The molecule has 1 unspecified atom stereocenters. The smallest absolute Gasteiger partial charge is 0.120 e. The van der Waals surface area contributed by atoms with E-state index in [9.17, 15) is 0 Å². The van der Waals surface area contributed by atoms with Crippen molar-refractivity contribution in [3.8, 4) is 5.75 Å². The molecule has 3 rings (SSSR count). The van der Waals surface area contributed by atoms with Crippen molar-refractivity contribution in [2.75, 3.05) is 26.2 Å². The van der Waals surface area contributed by atoms with Crippen LogP contribution in [0.1, 0.15) is 25.7 Å². The van der Waals surface area contributed by atoms with Gasteiger partial charge in [0.25, 0.3) is 0 Å². The van der Waals surface area contributed by atoms with E-state index in [0.717, 1.165) is 30.0 Å². The highest BCUT2D eigenvalue weighted by molar-refractivity contribution is 6.30. The summed E-state index contributed by atoms with van der Waals surface area (Å²) in [6, 6.07) is 9.12. The maximum absolute atomic E-state index is 5.96. The summed E-state index contributed by atoms with van der Waals surface area (Å²) in [6.45, 7) is 4.10. The van der Waals surface area contributed by atoms with Crippen LogP contribution in [-0.4, -0.2) is 43.2 Å². The van der Waals surface area contributed by atoms with Gasteiger partial charge in [-0.2, -0.15) is 0 Å². The van der Waals surface area contributed by atoms with Gasteiger partial charge in [0.1, 0.15) is 12.4 Å². The molecule has 0 bridgehead atoms. The van der Waals surface area contributed by atoms with E-state index in [4.69, 9.17) is 16.3 Å². The van der Waals surface area contributed by atoms with Gasteiger partial charge < -0.3 is 10.1 Å². The van der Waals surface area contributed by atoms with Gasteiger partial charge in [0.2, 0.25) is 0 Å². The highest BCUT2D eigenvalue weighted by Gasteiger charge is 2.30. The Bertz CT molecular complexity index is 430. The molecule has 1 N–H and O–H groups in total. The van der Waals surface area contributed by atoms with E-state index >= 15 is 0 Å². The number of nitrogens with zero attached hydrogens (tertiary/aromatic N) is 1. The molecule has 1 aromatic rings. The van der Waals surface area contributed by atoms with Gasteiger partial charge >= 0.3 is 0 Å². The summed E-state index contributed by atoms with van der Waals surface area (Å²) in [4.78, 5) is 2.59. The van der Waals surface area contributed by atoms with Crippen molar-refractivity contribution >= 4 is 11.6 Å². The highest BCUT2D eigenvalue weighted by Crippen LogP contribution is 2.27. The second-order valence-electron chi connectivity index (χ2n) is 5.83. The molecule has 2 fully saturated rings. The van der Waals surface area contributed by atoms with E-state index in [2.05, 4.69) is 10.2 Å². The maximum Gasteiger partial charge on any atom is 0.120 e. The maximum atomic E-state index is 5.96. The number of rotatable bonds is 7. The van der Waals surface area contributed by atoms with E-state index < -0.39 is 0 Å². The largest absolute Gasteiger partial charge is 0.492 e. The van der Waals surface area contributed by atoms with E-state index in [-0.39, 0.29) is 0 Å². The molecule has 2 aliphatic rings. The van der Waals surface area contributed by atoms with Gasteiger partial charge in [-0.1, -0.05) is 17.7 Å². The summed E-state index contributed by atoms with van der Waals surface area (Å²) in [5.74, 6) is 0.868. The molecule has 1 aliphatic carbocycles. The molecular weight excluding hydrogens is 272 g/mol. The zero-order chi connectivity index (χ0) is 13.8. The Labute approximate surface area is 126 Å². The Balaban J connectivity index is 1.44. The monoisotopic (exact) mass is 294 g/mol. The van der Waals surface area contributed by atoms with Crippen LogP contribution in [0.5, 0.6) is 5.75 Å². The topological polar surface area (TPSA) is 24.5 Å². The fraction of sp³-hybridized carbons (Fsp3) is 0.625. The van der Waals surface area contributed by atoms with Crippen LogP contribution < -0.4 is 10.1 Å². The molecule has 0 amide bonds. The van der Waals surface area contributed by atoms with Crippen molar-refractivity contribution in [3.63, 3.8) is 0 Å². The number of ether oxygens (including phenoxy) is 1. The predicted molar refractivity (Wildman–Crippen MR) is 82.6 cm³/mol. The lowest BCUT2D eigenvalue weighted by atomic mass is 10.2. The van der Waals surface area contributed by atoms with E-state index in [1.165, 1.54) is 38.8 Å². The number of benzene rings is 1. The summed E-state index contributed by atoms with van der Waals surface area (Å²) in [7, 11) is 0. The summed E-state index contributed by atoms with van der Waals surface area (Å²) in [5, 5.41) is 4.32. The summed E-state index contributed by atoms with van der Waals surface area (Å²) < 4.78 is 5.81. The number of hydrogen-bond acceptors (Lipinski definition) is 3. The Morgan fingerprint density at radius 3 is 2.90 bits per heavy atom. The van der Waals surface area contributed by atoms with Gasteiger partial charge in [-0.25, -0.2) is 0 Å². The first kappa shape index (κ1) is 14.2. The lowest BCUT2D eigenvalue weighted by Gasteiger charge is -2.25. The van der Waals surface area contributed by atoms with Crippen LogP contribution in [-0.2, 0) is 0 Å². The molecule has 0 spiro atoms. The first-order chi connectivity index (χ1) is 9.81. The first-order valence-corrected chi connectivity index (χ1v) is 8.05. The lowest BCUT2D eigenvalue weighted by Crippen LogP contribution is -2.40. The quantitative estimate of drug-likeness (QED) is 0.837. The fourth-order valence-corrected chi connectivity index (χ4v) is 3.08. The van der Waals surface area contributed by atoms with Crippen LogP contribution in [0, 0.1) is 0 Å².